The first kappa shape index (κ1) is 19.4. The standard InChI is InChI=1S/C20H20N2O3S2/c1-11-12(2)27-19(17(11)20(24)25-4)22-18(23)13(3)26-16-10-9-14-7-5-6-8-15(14)21-16/h5-10,13H,1-4H3,(H,22,23). The van der Waals surface area contributed by atoms with Crippen molar-refractivity contribution in [3.05, 3.63) is 52.4 Å². The van der Waals surface area contributed by atoms with Gasteiger partial charge in [0, 0.05) is 10.3 Å². The zero-order chi connectivity index (χ0) is 19.6. The molecule has 5 nitrogen and oxygen atoms in total. The van der Waals surface area contributed by atoms with Gasteiger partial charge in [0.05, 0.1) is 28.5 Å². The third-order valence-electron chi connectivity index (χ3n) is 4.25. The van der Waals surface area contributed by atoms with Gasteiger partial charge in [-0.3, -0.25) is 4.79 Å². The van der Waals surface area contributed by atoms with Gasteiger partial charge in [-0.1, -0.05) is 36.0 Å². The zero-order valence-electron chi connectivity index (χ0n) is 15.5. The molecule has 0 saturated heterocycles. The molecule has 0 radical (unpaired) electrons. The van der Waals surface area contributed by atoms with Crippen LogP contribution in [0, 0.1) is 13.8 Å². The summed E-state index contributed by atoms with van der Waals surface area (Å²) in [6.45, 7) is 5.59. The molecule has 0 aliphatic heterocycles. The lowest BCUT2D eigenvalue weighted by molar-refractivity contribution is -0.115. The predicted molar refractivity (Wildman–Crippen MR) is 111 cm³/mol. The fraction of sp³-hybridized carbons (Fsp3) is 0.250. The van der Waals surface area contributed by atoms with Crippen molar-refractivity contribution < 1.29 is 14.3 Å². The highest BCUT2D eigenvalue weighted by atomic mass is 32.2. The van der Waals surface area contributed by atoms with Crippen molar-refractivity contribution in [3.63, 3.8) is 0 Å². The van der Waals surface area contributed by atoms with Crippen LogP contribution in [0.2, 0.25) is 0 Å². The lowest BCUT2D eigenvalue weighted by Crippen LogP contribution is -2.23. The van der Waals surface area contributed by atoms with Crippen LogP contribution < -0.4 is 5.32 Å². The van der Waals surface area contributed by atoms with Crippen LogP contribution in [0.4, 0.5) is 5.00 Å². The number of anilines is 1. The molecule has 2 heterocycles. The molecule has 0 spiro atoms. The first-order valence-electron chi connectivity index (χ1n) is 8.42. The van der Waals surface area contributed by atoms with Crippen LogP contribution in [-0.4, -0.2) is 29.2 Å². The number of aromatic nitrogens is 1. The van der Waals surface area contributed by atoms with Crippen LogP contribution >= 0.6 is 23.1 Å². The summed E-state index contributed by atoms with van der Waals surface area (Å²) >= 11 is 2.76. The van der Waals surface area contributed by atoms with Gasteiger partial charge in [0.15, 0.2) is 0 Å². The normalized spacial score (nSPS) is 12.0. The van der Waals surface area contributed by atoms with Gasteiger partial charge in [0.1, 0.15) is 5.00 Å². The Morgan fingerprint density at radius 1 is 1.19 bits per heavy atom. The lowest BCUT2D eigenvalue weighted by atomic mass is 10.1. The van der Waals surface area contributed by atoms with Crippen molar-refractivity contribution >= 4 is 50.9 Å². The highest BCUT2D eigenvalue weighted by Gasteiger charge is 2.24. The van der Waals surface area contributed by atoms with E-state index in [0.29, 0.717) is 10.6 Å². The number of nitrogens with zero attached hydrogens (tertiary/aromatic N) is 1. The van der Waals surface area contributed by atoms with E-state index in [2.05, 4.69) is 10.3 Å². The maximum atomic E-state index is 12.7. The highest BCUT2D eigenvalue weighted by molar-refractivity contribution is 8.00. The monoisotopic (exact) mass is 400 g/mol. The van der Waals surface area contributed by atoms with Crippen molar-refractivity contribution in [2.24, 2.45) is 0 Å². The number of thioether (sulfide) groups is 1. The number of fused-ring (bicyclic) bond motifs is 1. The number of amides is 1. The molecule has 1 amide bonds. The fourth-order valence-electron chi connectivity index (χ4n) is 2.62. The third-order valence-corrected chi connectivity index (χ3v) is 6.41. The number of methoxy groups -OCH3 is 1. The number of pyridine rings is 1. The summed E-state index contributed by atoms with van der Waals surface area (Å²) < 4.78 is 4.85. The van der Waals surface area contributed by atoms with Gasteiger partial charge < -0.3 is 10.1 Å². The molecule has 1 unspecified atom stereocenters. The molecule has 1 N–H and O–H groups in total. The largest absolute Gasteiger partial charge is 0.465 e. The molecule has 0 fully saturated rings. The summed E-state index contributed by atoms with van der Waals surface area (Å²) in [6, 6.07) is 11.8. The third kappa shape index (κ3) is 4.14. The molecule has 2 aromatic heterocycles. The quantitative estimate of drug-likeness (QED) is 0.491. The van der Waals surface area contributed by atoms with E-state index < -0.39 is 5.97 Å². The molecule has 140 valence electrons. The van der Waals surface area contributed by atoms with E-state index in [-0.39, 0.29) is 11.2 Å². The van der Waals surface area contributed by atoms with Crippen molar-refractivity contribution in [3.8, 4) is 0 Å². The number of hydrogen-bond acceptors (Lipinski definition) is 6. The molecule has 7 heteroatoms. The van der Waals surface area contributed by atoms with Gasteiger partial charge in [-0.05, 0) is 38.5 Å². The van der Waals surface area contributed by atoms with Crippen LogP contribution in [0.15, 0.2) is 41.4 Å². The van der Waals surface area contributed by atoms with Crippen molar-refractivity contribution in [2.45, 2.75) is 31.0 Å². The fourth-order valence-corrected chi connectivity index (χ4v) is 4.50. The zero-order valence-corrected chi connectivity index (χ0v) is 17.2. The van der Waals surface area contributed by atoms with Gasteiger partial charge in [-0.25, -0.2) is 9.78 Å². The van der Waals surface area contributed by atoms with Crippen LogP contribution in [0.1, 0.15) is 27.7 Å². The molecule has 3 aromatic rings. The molecule has 3 rings (SSSR count). The SMILES string of the molecule is COC(=O)c1c(NC(=O)C(C)Sc2ccc3ccccc3n2)sc(C)c1C. The predicted octanol–water partition coefficient (Wildman–Crippen LogP) is 4.82. The summed E-state index contributed by atoms with van der Waals surface area (Å²) in [5.41, 5.74) is 2.15. The Bertz CT molecular complexity index is 1010. The number of ether oxygens (including phenoxy) is 1. The second-order valence-electron chi connectivity index (χ2n) is 6.07. The average molecular weight is 401 g/mol. The van der Waals surface area contributed by atoms with Gasteiger partial charge in [-0.15, -0.1) is 11.3 Å². The first-order chi connectivity index (χ1) is 12.9. The Labute approximate surface area is 166 Å². The van der Waals surface area contributed by atoms with E-state index in [1.165, 1.54) is 30.2 Å². The summed E-state index contributed by atoms with van der Waals surface area (Å²) in [7, 11) is 1.34. The molecule has 0 aliphatic rings. The van der Waals surface area contributed by atoms with Crippen LogP contribution in [-0.2, 0) is 9.53 Å². The number of carbonyl (C=O) groups excluding carboxylic acids is 2. The smallest absolute Gasteiger partial charge is 0.341 e. The summed E-state index contributed by atoms with van der Waals surface area (Å²) in [4.78, 5) is 30.3. The molecule has 1 aromatic carbocycles. The minimum Gasteiger partial charge on any atom is -0.465 e. The van der Waals surface area contributed by atoms with Gasteiger partial charge in [0.25, 0.3) is 0 Å². The molecular formula is C20H20N2O3S2. The Balaban J connectivity index is 1.76. The van der Waals surface area contributed by atoms with E-state index in [0.717, 1.165) is 26.4 Å². The number of para-hydroxylation sites is 1. The van der Waals surface area contributed by atoms with E-state index in [1.54, 1.807) is 0 Å². The molecule has 0 saturated carbocycles. The van der Waals surface area contributed by atoms with E-state index in [4.69, 9.17) is 4.74 Å². The van der Waals surface area contributed by atoms with Crippen molar-refractivity contribution in [1.82, 2.24) is 4.98 Å². The van der Waals surface area contributed by atoms with E-state index in [1.807, 2.05) is 57.2 Å². The number of aryl methyl sites for hydroxylation is 1. The van der Waals surface area contributed by atoms with Gasteiger partial charge in [0.2, 0.25) is 5.91 Å². The van der Waals surface area contributed by atoms with E-state index in [9.17, 15) is 9.59 Å². The minimum absolute atomic E-state index is 0.179. The number of carbonyl (C=O) groups is 2. The number of esters is 1. The Morgan fingerprint density at radius 3 is 2.67 bits per heavy atom. The summed E-state index contributed by atoms with van der Waals surface area (Å²) in [5, 5.41) is 4.88. The van der Waals surface area contributed by atoms with Gasteiger partial charge in [-0.2, -0.15) is 0 Å². The molecule has 0 aliphatic carbocycles. The van der Waals surface area contributed by atoms with E-state index >= 15 is 0 Å². The van der Waals surface area contributed by atoms with Crippen molar-refractivity contribution in [2.75, 3.05) is 12.4 Å². The average Bonchev–Trinajstić information content (AvgIpc) is 2.94. The molecule has 27 heavy (non-hydrogen) atoms. The van der Waals surface area contributed by atoms with Crippen LogP contribution in [0.3, 0.4) is 0 Å². The Hall–Kier alpha value is -2.38. The number of thiophene rings is 1. The van der Waals surface area contributed by atoms with Crippen LogP contribution in [0.25, 0.3) is 10.9 Å². The molecular weight excluding hydrogens is 380 g/mol. The highest BCUT2D eigenvalue weighted by Crippen LogP contribution is 2.34. The summed E-state index contributed by atoms with van der Waals surface area (Å²) in [6.07, 6.45) is 0. The Kier molecular flexibility index (Phi) is 5.82. The summed E-state index contributed by atoms with van der Waals surface area (Å²) in [5.74, 6) is -0.620. The molecule has 1 atom stereocenters. The number of benzene rings is 1. The minimum atomic E-state index is -0.441. The number of nitrogens with one attached hydrogen (secondary N) is 1. The van der Waals surface area contributed by atoms with Crippen molar-refractivity contribution in [1.29, 1.82) is 0 Å². The maximum Gasteiger partial charge on any atom is 0.341 e. The lowest BCUT2D eigenvalue weighted by Gasteiger charge is -2.12. The topological polar surface area (TPSA) is 68.3 Å². The number of rotatable bonds is 5. The second kappa shape index (κ2) is 8.10. The van der Waals surface area contributed by atoms with Crippen LogP contribution in [0.5, 0.6) is 0 Å². The molecule has 0 bridgehead atoms. The maximum absolute atomic E-state index is 12.7. The number of hydrogen-bond donors (Lipinski definition) is 1. The first-order valence-corrected chi connectivity index (χ1v) is 10.1. The van der Waals surface area contributed by atoms with Gasteiger partial charge >= 0.3 is 5.97 Å². The second-order valence-corrected chi connectivity index (χ2v) is 8.66. The Morgan fingerprint density at radius 2 is 1.93 bits per heavy atom.